The van der Waals surface area contributed by atoms with Gasteiger partial charge in [-0.2, -0.15) is 0 Å². The summed E-state index contributed by atoms with van der Waals surface area (Å²) in [5.41, 5.74) is 0.987. The van der Waals surface area contributed by atoms with E-state index in [4.69, 9.17) is 0 Å². The molecule has 3 heteroatoms. The summed E-state index contributed by atoms with van der Waals surface area (Å²) >= 11 is 0. The first-order valence-electron chi connectivity index (χ1n) is 7.01. The normalized spacial score (nSPS) is 16.4. The molecule has 0 bridgehead atoms. The zero-order valence-electron chi connectivity index (χ0n) is 12.4. The van der Waals surface area contributed by atoms with Crippen molar-refractivity contribution in [2.24, 2.45) is 11.3 Å². The van der Waals surface area contributed by atoms with Crippen molar-refractivity contribution in [3.05, 3.63) is 35.6 Å². The minimum absolute atomic E-state index is 0.104. The molecule has 0 amide bonds. The Hall–Kier alpha value is -0.930. The lowest BCUT2D eigenvalue weighted by molar-refractivity contribution is 0.129. The van der Waals surface area contributed by atoms with Crippen LogP contribution in [-0.4, -0.2) is 18.3 Å². The van der Waals surface area contributed by atoms with Crippen LogP contribution in [-0.2, 0) is 0 Å². The van der Waals surface area contributed by atoms with Gasteiger partial charge in [0, 0.05) is 24.6 Å². The summed E-state index contributed by atoms with van der Waals surface area (Å²) in [6.07, 6.45) is 0.921. The van der Waals surface area contributed by atoms with E-state index in [1.54, 1.807) is 0 Å². The molecule has 2 N–H and O–H groups in total. The molecule has 0 aliphatic rings. The van der Waals surface area contributed by atoms with Crippen LogP contribution in [0.4, 0.5) is 4.39 Å². The fourth-order valence-corrected chi connectivity index (χ4v) is 2.06. The van der Waals surface area contributed by atoms with E-state index in [2.05, 4.69) is 33.0 Å². The van der Waals surface area contributed by atoms with Gasteiger partial charge in [0.25, 0.3) is 0 Å². The lowest BCUT2D eigenvalue weighted by Crippen LogP contribution is -2.38. The van der Waals surface area contributed by atoms with Crippen molar-refractivity contribution in [1.82, 2.24) is 5.32 Å². The Morgan fingerprint density at radius 2 is 1.84 bits per heavy atom. The molecule has 0 spiro atoms. The van der Waals surface area contributed by atoms with E-state index in [1.165, 1.54) is 12.1 Å². The van der Waals surface area contributed by atoms with E-state index >= 15 is 0 Å². The molecule has 1 aromatic rings. The van der Waals surface area contributed by atoms with Gasteiger partial charge in [0.2, 0.25) is 0 Å². The lowest BCUT2D eigenvalue weighted by Gasteiger charge is -2.31. The predicted molar refractivity (Wildman–Crippen MR) is 77.5 cm³/mol. The van der Waals surface area contributed by atoms with Crippen LogP contribution in [0.5, 0.6) is 0 Å². The molecule has 0 radical (unpaired) electrons. The number of nitrogens with one attached hydrogen (secondary N) is 1. The SMILES string of the molecule is CCC(C)(CO)CNC(c1ccc(F)cc1)C(C)C. The Bertz CT molecular complexity index is 371. The number of aliphatic hydroxyl groups is 1. The molecule has 0 aromatic heterocycles. The van der Waals surface area contributed by atoms with Crippen LogP contribution < -0.4 is 5.32 Å². The molecule has 1 rings (SSSR count). The van der Waals surface area contributed by atoms with Gasteiger partial charge in [-0.25, -0.2) is 4.39 Å². The molecular weight excluding hydrogens is 241 g/mol. The van der Waals surface area contributed by atoms with Crippen molar-refractivity contribution in [3.63, 3.8) is 0 Å². The standard InChI is InChI=1S/C16H26FNO/c1-5-16(4,11-19)10-18-15(12(2)3)13-6-8-14(17)9-7-13/h6-9,12,15,18-19H,5,10-11H2,1-4H3. The fourth-order valence-electron chi connectivity index (χ4n) is 2.06. The second-order valence-corrected chi connectivity index (χ2v) is 5.98. The molecule has 0 aliphatic heterocycles. The molecule has 0 saturated heterocycles. The van der Waals surface area contributed by atoms with Gasteiger partial charge in [-0.3, -0.25) is 0 Å². The summed E-state index contributed by atoms with van der Waals surface area (Å²) in [7, 11) is 0. The lowest BCUT2D eigenvalue weighted by atomic mass is 9.87. The maximum atomic E-state index is 13.0. The largest absolute Gasteiger partial charge is 0.396 e. The average Bonchev–Trinajstić information content (AvgIpc) is 2.40. The van der Waals surface area contributed by atoms with Crippen molar-refractivity contribution in [1.29, 1.82) is 0 Å². The molecule has 2 atom stereocenters. The predicted octanol–water partition coefficient (Wildman–Crippen LogP) is 3.52. The smallest absolute Gasteiger partial charge is 0.123 e. The fraction of sp³-hybridized carbons (Fsp3) is 0.625. The van der Waals surface area contributed by atoms with Crippen molar-refractivity contribution in [2.75, 3.05) is 13.2 Å². The van der Waals surface area contributed by atoms with E-state index in [-0.39, 0.29) is 23.9 Å². The first kappa shape index (κ1) is 16.1. The molecule has 1 aromatic carbocycles. The second-order valence-electron chi connectivity index (χ2n) is 5.98. The van der Waals surface area contributed by atoms with Gasteiger partial charge in [0.05, 0.1) is 0 Å². The Morgan fingerprint density at radius 1 is 1.26 bits per heavy atom. The van der Waals surface area contributed by atoms with Crippen LogP contribution in [0.2, 0.25) is 0 Å². The molecule has 19 heavy (non-hydrogen) atoms. The number of hydrogen-bond acceptors (Lipinski definition) is 2. The maximum Gasteiger partial charge on any atom is 0.123 e. The zero-order chi connectivity index (χ0) is 14.5. The highest BCUT2D eigenvalue weighted by atomic mass is 19.1. The van der Waals surface area contributed by atoms with Crippen molar-refractivity contribution >= 4 is 0 Å². The summed E-state index contributed by atoms with van der Waals surface area (Å²) in [5.74, 6) is 0.199. The van der Waals surface area contributed by atoms with Crippen LogP contribution in [0.15, 0.2) is 24.3 Å². The van der Waals surface area contributed by atoms with Gasteiger partial charge in [-0.15, -0.1) is 0 Å². The van der Waals surface area contributed by atoms with E-state index in [9.17, 15) is 9.50 Å². The highest BCUT2D eigenvalue weighted by Crippen LogP contribution is 2.25. The zero-order valence-corrected chi connectivity index (χ0v) is 12.4. The summed E-state index contributed by atoms with van der Waals surface area (Å²) in [6, 6.07) is 6.83. The van der Waals surface area contributed by atoms with Gasteiger partial charge in [-0.05, 0) is 30.0 Å². The Balaban J connectivity index is 2.76. The minimum Gasteiger partial charge on any atom is -0.396 e. The Labute approximate surface area is 116 Å². The molecule has 0 heterocycles. The molecule has 2 nitrogen and oxygen atoms in total. The van der Waals surface area contributed by atoms with Crippen LogP contribution >= 0.6 is 0 Å². The first-order chi connectivity index (χ1) is 8.91. The van der Waals surface area contributed by atoms with Crippen LogP contribution in [0.25, 0.3) is 0 Å². The summed E-state index contributed by atoms with van der Waals surface area (Å²) in [6.45, 7) is 9.36. The van der Waals surface area contributed by atoms with Gasteiger partial charge < -0.3 is 10.4 Å². The highest BCUT2D eigenvalue weighted by molar-refractivity contribution is 5.20. The van der Waals surface area contributed by atoms with E-state index in [0.717, 1.165) is 18.5 Å². The Morgan fingerprint density at radius 3 is 2.26 bits per heavy atom. The molecule has 0 saturated carbocycles. The summed E-state index contributed by atoms with van der Waals surface area (Å²) < 4.78 is 13.0. The minimum atomic E-state index is -0.208. The van der Waals surface area contributed by atoms with Gasteiger partial charge in [0.1, 0.15) is 5.82 Å². The van der Waals surface area contributed by atoms with Crippen molar-refractivity contribution in [3.8, 4) is 0 Å². The molecular formula is C16H26FNO. The molecule has 0 aliphatic carbocycles. The second kappa shape index (κ2) is 7.01. The summed E-state index contributed by atoms with van der Waals surface area (Å²) in [4.78, 5) is 0. The number of hydrogen-bond donors (Lipinski definition) is 2. The van der Waals surface area contributed by atoms with E-state index in [1.807, 2.05) is 12.1 Å². The van der Waals surface area contributed by atoms with E-state index < -0.39 is 0 Å². The van der Waals surface area contributed by atoms with Crippen molar-refractivity contribution in [2.45, 2.75) is 40.2 Å². The van der Waals surface area contributed by atoms with Crippen molar-refractivity contribution < 1.29 is 9.50 Å². The quantitative estimate of drug-likeness (QED) is 0.792. The molecule has 0 fully saturated rings. The first-order valence-corrected chi connectivity index (χ1v) is 7.01. The number of aliphatic hydroxyl groups excluding tert-OH is 1. The highest BCUT2D eigenvalue weighted by Gasteiger charge is 2.24. The van der Waals surface area contributed by atoms with Crippen LogP contribution in [0, 0.1) is 17.2 Å². The Kier molecular flexibility index (Phi) is 5.95. The third-order valence-corrected chi connectivity index (χ3v) is 3.88. The maximum absolute atomic E-state index is 13.0. The van der Waals surface area contributed by atoms with Gasteiger partial charge in [0.15, 0.2) is 0 Å². The van der Waals surface area contributed by atoms with Gasteiger partial charge in [-0.1, -0.05) is 39.8 Å². The third-order valence-electron chi connectivity index (χ3n) is 3.88. The van der Waals surface area contributed by atoms with Gasteiger partial charge >= 0.3 is 0 Å². The average molecular weight is 267 g/mol. The molecule has 108 valence electrons. The van der Waals surface area contributed by atoms with E-state index in [0.29, 0.717) is 5.92 Å². The van der Waals surface area contributed by atoms with Crippen LogP contribution in [0.1, 0.15) is 45.7 Å². The topological polar surface area (TPSA) is 32.3 Å². The number of halogens is 1. The van der Waals surface area contributed by atoms with Crippen LogP contribution in [0.3, 0.4) is 0 Å². The third kappa shape index (κ3) is 4.59. The number of rotatable bonds is 7. The monoisotopic (exact) mass is 267 g/mol. The summed E-state index contributed by atoms with van der Waals surface area (Å²) in [5, 5.41) is 13.0. The molecule has 2 unspecified atom stereocenters. The number of benzene rings is 1.